The summed E-state index contributed by atoms with van der Waals surface area (Å²) in [7, 11) is 0. The van der Waals surface area contributed by atoms with Gasteiger partial charge in [0.25, 0.3) is 0 Å². The van der Waals surface area contributed by atoms with Gasteiger partial charge in [0.15, 0.2) is 0 Å². The maximum Gasteiger partial charge on any atom is 0.341 e. The van der Waals surface area contributed by atoms with E-state index in [1.54, 1.807) is 6.92 Å². The first-order valence-corrected chi connectivity index (χ1v) is 12.6. The lowest BCUT2D eigenvalue weighted by atomic mass is 9.96. The molecule has 0 bridgehead atoms. The molecule has 166 valence electrons. The summed E-state index contributed by atoms with van der Waals surface area (Å²) in [6, 6.07) is 20.8. The Morgan fingerprint density at radius 3 is 2.25 bits per heavy atom. The summed E-state index contributed by atoms with van der Waals surface area (Å²) in [6.07, 6.45) is 0.718. The first-order valence-electron chi connectivity index (χ1n) is 10.9. The van der Waals surface area contributed by atoms with Gasteiger partial charge in [0, 0.05) is 16.0 Å². The average Bonchev–Trinajstić information content (AvgIpc) is 3.17. The Hall–Kier alpha value is -2.57. The minimum absolute atomic E-state index is 0.0769. The van der Waals surface area contributed by atoms with Crippen molar-refractivity contribution < 1.29 is 14.3 Å². The standard InChI is InChI=1S/C26H27NO3S2/c1-4-30-26(29)21-19-15-20(17-11-7-5-8-12-17)31-22(18-13-9-6-10-14-18)23(19)32-25(21)27-24(28)16(2)3/h5-14,16,20,22H,4,15H2,1-3H3,(H,27,28). The van der Waals surface area contributed by atoms with Gasteiger partial charge in [0.05, 0.1) is 17.4 Å². The monoisotopic (exact) mass is 465 g/mol. The fraction of sp³-hybridized carbons (Fsp3) is 0.308. The Morgan fingerprint density at radius 1 is 1.03 bits per heavy atom. The average molecular weight is 466 g/mol. The Kier molecular flexibility index (Phi) is 7.01. The molecule has 1 aromatic heterocycles. The summed E-state index contributed by atoms with van der Waals surface area (Å²) in [5, 5.41) is 3.88. The topological polar surface area (TPSA) is 55.4 Å². The van der Waals surface area contributed by atoms with Gasteiger partial charge in [0.2, 0.25) is 5.91 Å². The fourth-order valence-corrected chi connectivity index (χ4v) is 6.87. The zero-order valence-corrected chi connectivity index (χ0v) is 20.1. The minimum Gasteiger partial charge on any atom is -0.462 e. The summed E-state index contributed by atoms with van der Waals surface area (Å²) in [5.41, 5.74) is 3.94. The van der Waals surface area contributed by atoms with E-state index in [9.17, 15) is 9.59 Å². The van der Waals surface area contributed by atoms with Crippen molar-refractivity contribution >= 4 is 40.0 Å². The van der Waals surface area contributed by atoms with E-state index in [0.717, 1.165) is 16.9 Å². The van der Waals surface area contributed by atoms with Crippen molar-refractivity contribution in [3.05, 3.63) is 87.8 Å². The largest absolute Gasteiger partial charge is 0.462 e. The summed E-state index contributed by atoms with van der Waals surface area (Å²) < 4.78 is 5.43. The third-order valence-corrected chi connectivity index (χ3v) is 8.39. The third-order valence-electron chi connectivity index (χ3n) is 5.48. The van der Waals surface area contributed by atoms with Gasteiger partial charge in [-0.1, -0.05) is 74.5 Å². The van der Waals surface area contributed by atoms with Gasteiger partial charge in [-0.25, -0.2) is 4.79 Å². The van der Waals surface area contributed by atoms with Gasteiger partial charge in [0.1, 0.15) is 5.00 Å². The molecule has 4 rings (SSSR count). The van der Waals surface area contributed by atoms with E-state index < -0.39 is 0 Å². The van der Waals surface area contributed by atoms with Gasteiger partial charge in [-0.2, -0.15) is 0 Å². The number of esters is 1. The van der Waals surface area contributed by atoms with Crippen LogP contribution in [0.3, 0.4) is 0 Å². The number of hydrogen-bond donors (Lipinski definition) is 1. The van der Waals surface area contributed by atoms with E-state index in [1.165, 1.54) is 22.5 Å². The number of hydrogen-bond acceptors (Lipinski definition) is 5. The van der Waals surface area contributed by atoms with Crippen LogP contribution in [0.2, 0.25) is 0 Å². The zero-order chi connectivity index (χ0) is 22.7. The lowest BCUT2D eigenvalue weighted by Crippen LogP contribution is -2.20. The molecule has 2 atom stereocenters. The first kappa shape index (κ1) is 22.6. The van der Waals surface area contributed by atoms with Crippen molar-refractivity contribution in [3.63, 3.8) is 0 Å². The second-order valence-corrected chi connectivity index (χ2v) is 10.4. The van der Waals surface area contributed by atoms with Gasteiger partial charge in [-0.15, -0.1) is 23.1 Å². The maximum atomic E-state index is 13.1. The van der Waals surface area contributed by atoms with Gasteiger partial charge in [-0.3, -0.25) is 4.79 Å². The molecule has 0 saturated heterocycles. The molecule has 1 aliphatic heterocycles. The van der Waals surface area contributed by atoms with Crippen molar-refractivity contribution in [2.24, 2.45) is 5.92 Å². The SMILES string of the molecule is CCOC(=O)c1c(NC(=O)C(C)C)sc2c1CC(c1ccccc1)SC2c1ccccc1. The van der Waals surface area contributed by atoms with Gasteiger partial charge in [-0.05, 0) is 30.0 Å². The Morgan fingerprint density at radius 2 is 1.66 bits per heavy atom. The predicted molar refractivity (Wildman–Crippen MR) is 133 cm³/mol. The highest BCUT2D eigenvalue weighted by molar-refractivity contribution is 8.00. The van der Waals surface area contributed by atoms with Crippen LogP contribution in [0.4, 0.5) is 5.00 Å². The lowest BCUT2D eigenvalue weighted by molar-refractivity contribution is -0.118. The summed E-state index contributed by atoms with van der Waals surface area (Å²) in [5.74, 6) is -0.646. The highest BCUT2D eigenvalue weighted by atomic mass is 32.2. The van der Waals surface area contributed by atoms with E-state index in [4.69, 9.17) is 4.74 Å². The van der Waals surface area contributed by atoms with E-state index in [1.807, 2.05) is 49.9 Å². The normalized spacial score (nSPS) is 17.6. The number of thiophene rings is 1. The summed E-state index contributed by atoms with van der Waals surface area (Å²) in [4.78, 5) is 26.7. The van der Waals surface area contributed by atoms with Crippen molar-refractivity contribution in [1.82, 2.24) is 0 Å². The van der Waals surface area contributed by atoms with E-state index >= 15 is 0 Å². The Labute approximate surface area is 197 Å². The highest BCUT2D eigenvalue weighted by Crippen LogP contribution is 2.56. The third kappa shape index (κ3) is 4.62. The molecule has 2 unspecified atom stereocenters. The molecule has 4 nitrogen and oxygen atoms in total. The number of benzene rings is 2. The van der Waals surface area contributed by atoms with Crippen LogP contribution in [0.1, 0.15) is 63.2 Å². The molecule has 2 heterocycles. The molecular weight excluding hydrogens is 438 g/mol. The zero-order valence-electron chi connectivity index (χ0n) is 18.5. The van der Waals surface area contributed by atoms with Crippen LogP contribution < -0.4 is 5.32 Å². The molecule has 0 saturated carbocycles. The predicted octanol–water partition coefficient (Wildman–Crippen LogP) is 6.64. The van der Waals surface area contributed by atoms with Crippen LogP contribution in [-0.4, -0.2) is 18.5 Å². The van der Waals surface area contributed by atoms with Crippen LogP contribution >= 0.6 is 23.1 Å². The molecule has 1 N–H and O–H groups in total. The Bertz CT molecular complexity index is 1090. The smallest absolute Gasteiger partial charge is 0.341 e. The number of rotatable bonds is 6. The second-order valence-electron chi connectivity index (χ2n) is 8.04. The maximum absolute atomic E-state index is 13.1. The number of amides is 1. The van der Waals surface area contributed by atoms with Crippen LogP contribution in [0.25, 0.3) is 0 Å². The van der Waals surface area contributed by atoms with E-state index in [0.29, 0.717) is 17.2 Å². The van der Waals surface area contributed by atoms with Crippen LogP contribution in [0.5, 0.6) is 0 Å². The van der Waals surface area contributed by atoms with Crippen LogP contribution in [-0.2, 0) is 16.0 Å². The molecule has 0 radical (unpaired) electrons. The number of nitrogens with one attached hydrogen (secondary N) is 1. The first-order chi connectivity index (χ1) is 15.5. The number of anilines is 1. The van der Waals surface area contributed by atoms with Crippen LogP contribution in [0, 0.1) is 5.92 Å². The van der Waals surface area contributed by atoms with Gasteiger partial charge >= 0.3 is 5.97 Å². The summed E-state index contributed by atoms with van der Waals surface area (Å²) in [6.45, 7) is 5.79. The van der Waals surface area contributed by atoms with Crippen molar-refractivity contribution in [2.45, 2.75) is 37.7 Å². The number of carbonyl (C=O) groups is 2. The minimum atomic E-state index is -0.366. The molecule has 0 fully saturated rings. The number of ether oxygens (including phenoxy) is 1. The lowest BCUT2D eigenvalue weighted by Gasteiger charge is -2.30. The molecule has 32 heavy (non-hydrogen) atoms. The molecule has 1 aliphatic rings. The Balaban J connectivity index is 1.86. The quantitative estimate of drug-likeness (QED) is 0.415. The number of thioether (sulfide) groups is 1. The van der Waals surface area contributed by atoms with E-state index in [-0.39, 0.29) is 28.3 Å². The molecule has 0 spiro atoms. The highest BCUT2D eigenvalue weighted by Gasteiger charge is 2.37. The molecule has 3 aromatic rings. The summed E-state index contributed by atoms with van der Waals surface area (Å²) >= 11 is 3.41. The van der Waals surface area contributed by atoms with E-state index in [2.05, 4.69) is 41.7 Å². The van der Waals surface area contributed by atoms with Gasteiger partial charge < -0.3 is 10.1 Å². The molecule has 6 heteroatoms. The number of fused-ring (bicyclic) bond motifs is 1. The van der Waals surface area contributed by atoms with Crippen molar-refractivity contribution in [2.75, 3.05) is 11.9 Å². The molecule has 1 amide bonds. The van der Waals surface area contributed by atoms with Crippen LogP contribution in [0.15, 0.2) is 60.7 Å². The van der Waals surface area contributed by atoms with Crippen molar-refractivity contribution in [3.8, 4) is 0 Å². The molecule has 2 aromatic carbocycles. The molecular formula is C26H27NO3S2. The van der Waals surface area contributed by atoms with Crippen molar-refractivity contribution in [1.29, 1.82) is 0 Å². The number of carbonyl (C=O) groups excluding carboxylic acids is 2. The molecule has 0 aliphatic carbocycles. The second kappa shape index (κ2) is 9.92. The fourth-order valence-electron chi connectivity index (χ4n) is 3.84.